The molecule has 0 aromatic carbocycles. The highest BCUT2D eigenvalue weighted by Crippen LogP contribution is 2.06. The van der Waals surface area contributed by atoms with Gasteiger partial charge in [-0.3, -0.25) is 4.99 Å². The summed E-state index contributed by atoms with van der Waals surface area (Å²) < 4.78 is 0. The third kappa shape index (κ3) is 1.90. The molecule has 0 aromatic heterocycles. The van der Waals surface area contributed by atoms with Gasteiger partial charge in [-0.25, -0.2) is 0 Å². The number of nitrogens with zero attached hydrogens (tertiary/aromatic N) is 2. The zero-order valence-corrected chi connectivity index (χ0v) is 8.46. The van der Waals surface area contributed by atoms with E-state index in [0.29, 0.717) is 12.1 Å². The highest BCUT2D eigenvalue weighted by Gasteiger charge is 2.19. The number of rotatable bonds is 2. The number of nitrogens with one attached hydrogen (secondary N) is 1. The zero-order chi connectivity index (χ0) is 9.14. The summed E-state index contributed by atoms with van der Waals surface area (Å²) in [6, 6.07) is 1.05. The van der Waals surface area contributed by atoms with Crippen molar-refractivity contribution in [1.29, 1.82) is 0 Å². The van der Waals surface area contributed by atoms with Crippen molar-refractivity contribution in [2.24, 2.45) is 4.99 Å². The second-order valence-corrected chi connectivity index (χ2v) is 3.73. The summed E-state index contributed by atoms with van der Waals surface area (Å²) >= 11 is 0. The summed E-state index contributed by atoms with van der Waals surface area (Å²) in [5.74, 6) is 1.07. The van der Waals surface area contributed by atoms with Crippen LogP contribution in [-0.4, -0.2) is 36.0 Å². The third-order valence-electron chi connectivity index (χ3n) is 2.01. The van der Waals surface area contributed by atoms with E-state index in [1.165, 1.54) is 0 Å². The van der Waals surface area contributed by atoms with Crippen molar-refractivity contribution in [3.8, 4) is 0 Å². The molecule has 3 nitrogen and oxygen atoms in total. The first kappa shape index (κ1) is 9.36. The highest BCUT2D eigenvalue weighted by molar-refractivity contribution is 5.81. The minimum atomic E-state index is 0.523. The van der Waals surface area contributed by atoms with Gasteiger partial charge in [0, 0.05) is 18.6 Å². The number of hydrogen-bond donors (Lipinski definition) is 1. The van der Waals surface area contributed by atoms with Gasteiger partial charge in [-0.2, -0.15) is 0 Å². The molecule has 1 aliphatic rings. The van der Waals surface area contributed by atoms with Gasteiger partial charge in [0.05, 0.1) is 6.54 Å². The van der Waals surface area contributed by atoms with Crippen LogP contribution in [0.4, 0.5) is 0 Å². The van der Waals surface area contributed by atoms with Crippen molar-refractivity contribution >= 4 is 5.96 Å². The van der Waals surface area contributed by atoms with Gasteiger partial charge in [0.15, 0.2) is 5.96 Å². The molecule has 1 aliphatic heterocycles. The normalized spacial score (nSPS) is 16.7. The first-order valence-electron chi connectivity index (χ1n) is 4.69. The first-order valence-corrected chi connectivity index (χ1v) is 4.69. The summed E-state index contributed by atoms with van der Waals surface area (Å²) in [5.41, 5.74) is 0. The second kappa shape index (κ2) is 3.78. The molecule has 0 aromatic rings. The average Bonchev–Trinajstić information content (AvgIpc) is 2.37. The number of aliphatic imine (C=N–C) groups is 1. The summed E-state index contributed by atoms with van der Waals surface area (Å²) in [4.78, 5) is 6.72. The molecule has 0 amide bonds. The average molecular weight is 169 g/mol. The van der Waals surface area contributed by atoms with Gasteiger partial charge in [-0.15, -0.1) is 0 Å². The molecular formula is C9H19N3. The van der Waals surface area contributed by atoms with E-state index in [-0.39, 0.29) is 0 Å². The Bertz CT molecular complexity index is 165. The van der Waals surface area contributed by atoms with Gasteiger partial charge in [0.1, 0.15) is 0 Å². The van der Waals surface area contributed by atoms with E-state index in [9.17, 15) is 0 Å². The number of guanidine groups is 1. The van der Waals surface area contributed by atoms with Crippen molar-refractivity contribution in [3.05, 3.63) is 0 Å². The summed E-state index contributed by atoms with van der Waals surface area (Å²) in [6.45, 7) is 10.7. The Morgan fingerprint density at radius 3 is 2.17 bits per heavy atom. The molecule has 1 rings (SSSR count). The minimum Gasteiger partial charge on any atom is -0.354 e. The summed E-state index contributed by atoms with van der Waals surface area (Å²) in [6.07, 6.45) is 0. The summed E-state index contributed by atoms with van der Waals surface area (Å²) in [5, 5.41) is 3.30. The van der Waals surface area contributed by atoms with Crippen LogP contribution in [0, 0.1) is 0 Å². The lowest BCUT2D eigenvalue weighted by Gasteiger charge is -2.32. The van der Waals surface area contributed by atoms with E-state index >= 15 is 0 Å². The zero-order valence-electron chi connectivity index (χ0n) is 8.46. The fraction of sp³-hybridized carbons (Fsp3) is 0.889. The third-order valence-corrected chi connectivity index (χ3v) is 2.01. The molecule has 0 saturated carbocycles. The predicted octanol–water partition coefficient (Wildman–Crippen LogP) is 1.06. The van der Waals surface area contributed by atoms with Crippen LogP contribution in [0.2, 0.25) is 0 Å². The van der Waals surface area contributed by atoms with Gasteiger partial charge in [-0.05, 0) is 27.7 Å². The van der Waals surface area contributed by atoms with Crippen molar-refractivity contribution in [3.63, 3.8) is 0 Å². The van der Waals surface area contributed by atoms with E-state index in [0.717, 1.165) is 19.0 Å². The van der Waals surface area contributed by atoms with Crippen LogP contribution < -0.4 is 5.32 Å². The lowest BCUT2D eigenvalue weighted by molar-refractivity contribution is 0.285. The largest absolute Gasteiger partial charge is 0.354 e. The smallest absolute Gasteiger partial charge is 0.194 e. The summed E-state index contributed by atoms with van der Waals surface area (Å²) in [7, 11) is 0. The molecule has 0 aliphatic carbocycles. The van der Waals surface area contributed by atoms with Gasteiger partial charge in [-0.1, -0.05) is 0 Å². The van der Waals surface area contributed by atoms with Gasteiger partial charge in [0.25, 0.3) is 0 Å². The van der Waals surface area contributed by atoms with Crippen LogP contribution in [0.25, 0.3) is 0 Å². The Morgan fingerprint density at radius 1 is 1.25 bits per heavy atom. The van der Waals surface area contributed by atoms with E-state index in [1.54, 1.807) is 0 Å². The molecular weight excluding hydrogens is 150 g/mol. The van der Waals surface area contributed by atoms with Crippen LogP contribution in [0.1, 0.15) is 27.7 Å². The molecule has 3 heteroatoms. The molecule has 0 bridgehead atoms. The van der Waals surface area contributed by atoms with E-state index in [2.05, 4.69) is 42.9 Å². The molecule has 0 saturated heterocycles. The SMILES string of the molecule is CC(C)N(C1=NCCN1)C(C)C. The van der Waals surface area contributed by atoms with Crippen LogP contribution >= 0.6 is 0 Å². The molecule has 0 fully saturated rings. The van der Waals surface area contributed by atoms with Crippen LogP contribution in [0.15, 0.2) is 4.99 Å². The van der Waals surface area contributed by atoms with Crippen molar-refractivity contribution < 1.29 is 0 Å². The second-order valence-electron chi connectivity index (χ2n) is 3.73. The van der Waals surface area contributed by atoms with Crippen LogP contribution in [-0.2, 0) is 0 Å². The van der Waals surface area contributed by atoms with Crippen LogP contribution in [0.5, 0.6) is 0 Å². The molecule has 0 radical (unpaired) electrons. The Morgan fingerprint density at radius 2 is 1.83 bits per heavy atom. The Balaban J connectivity index is 2.65. The standard InChI is InChI=1S/C9H19N3/c1-7(2)12(8(3)4)9-10-5-6-11-9/h7-8H,5-6H2,1-4H3,(H,10,11). The van der Waals surface area contributed by atoms with Gasteiger partial charge in [0.2, 0.25) is 0 Å². The van der Waals surface area contributed by atoms with Gasteiger partial charge < -0.3 is 10.2 Å². The highest BCUT2D eigenvalue weighted by atomic mass is 15.3. The quantitative estimate of drug-likeness (QED) is 0.669. The predicted molar refractivity (Wildman–Crippen MR) is 52.4 cm³/mol. The monoisotopic (exact) mass is 169 g/mol. The molecule has 12 heavy (non-hydrogen) atoms. The maximum atomic E-state index is 4.41. The first-order chi connectivity index (χ1) is 5.63. The number of hydrogen-bond acceptors (Lipinski definition) is 3. The maximum absolute atomic E-state index is 4.41. The topological polar surface area (TPSA) is 27.6 Å². The molecule has 70 valence electrons. The van der Waals surface area contributed by atoms with Gasteiger partial charge >= 0.3 is 0 Å². The molecule has 1 N–H and O–H groups in total. The van der Waals surface area contributed by atoms with Crippen LogP contribution in [0.3, 0.4) is 0 Å². The molecule has 0 unspecified atom stereocenters. The van der Waals surface area contributed by atoms with Crippen molar-refractivity contribution in [2.75, 3.05) is 13.1 Å². The fourth-order valence-corrected chi connectivity index (χ4v) is 1.64. The molecule has 0 atom stereocenters. The molecule has 1 heterocycles. The van der Waals surface area contributed by atoms with E-state index in [1.807, 2.05) is 0 Å². The Hall–Kier alpha value is -0.730. The fourth-order valence-electron chi connectivity index (χ4n) is 1.64. The lowest BCUT2D eigenvalue weighted by atomic mass is 10.2. The Kier molecular flexibility index (Phi) is 2.95. The van der Waals surface area contributed by atoms with E-state index in [4.69, 9.17) is 0 Å². The van der Waals surface area contributed by atoms with Crippen molar-refractivity contribution in [2.45, 2.75) is 39.8 Å². The Labute approximate surface area is 74.9 Å². The van der Waals surface area contributed by atoms with Crippen molar-refractivity contribution in [1.82, 2.24) is 10.2 Å². The molecule has 0 spiro atoms. The minimum absolute atomic E-state index is 0.523. The van der Waals surface area contributed by atoms with E-state index < -0.39 is 0 Å². The lowest BCUT2D eigenvalue weighted by Crippen LogP contribution is -2.46. The maximum Gasteiger partial charge on any atom is 0.194 e.